The van der Waals surface area contributed by atoms with Crippen LogP contribution >= 0.6 is 22.6 Å². The van der Waals surface area contributed by atoms with E-state index in [0.717, 1.165) is 19.8 Å². The van der Waals surface area contributed by atoms with E-state index in [2.05, 4.69) is 27.9 Å². The van der Waals surface area contributed by atoms with Crippen molar-refractivity contribution in [3.63, 3.8) is 0 Å². The van der Waals surface area contributed by atoms with Crippen molar-refractivity contribution in [3.05, 3.63) is 63.4 Å². The van der Waals surface area contributed by atoms with Gasteiger partial charge in [0.15, 0.2) is 0 Å². The van der Waals surface area contributed by atoms with Crippen LogP contribution in [0.2, 0.25) is 0 Å². The van der Waals surface area contributed by atoms with Crippen molar-refractivity contribution < 1.29 is 14.3 Å². The van der Waals surface area contributed by atoms with E-state index in [1.54, 1.807) is 30.3 Å². The first kappa shape index (κ1) is 16.5. The molecule has 1 fully saturated rings. The molecule has 0 spiro atoms. The van der Waals surface area contributed by atoms with E-state index < -0.39 is 6.03 Å². The van der Waals surface area contributed by atoms with Crippen molar-refractivity contribution >= 4 is 46.3 Å². The SMILES string of the molecule is CCOc1ccc(/C=C2/NC(=O)N(c3ccccc3)C2=O)cc1I. The van der Waals surface area contributed by atoms with Crippen LogP contribution in [0.25, 0.3) is 6.08 Å². The number of halogens is 1. The smallest absolute Gasteiger partial charge is 0.333 e. The number of rotatable bonds is 4. The van der Waals surface area contributed by atoms with E-state index in [1.165, 1.54) is 0 Å². The maximum Gasteiger partial charge on any atom is 0.333 e. The molecule has 0 radical (unpaired) electrons. The predicted molar refractivity (Wildman–Crippen MR) is 101 cm³/mol. The summed E-state index contributed by atoms with van der Waals surface area (Å²) in [7, 11) is 0. The molecule has 1 N–H and O–H groups in total. The lowest BCUT2D eigenvalue weighted by molar-refractivity contribution is -0.113. The lowest BCUT2D eigenvalue weighted by Gasteiger charge is -2.10. The molecule has 0 bridgehead atoms. The second kappa shape index (κ2) is 7.04. The van der Waals surface area contributed by atoms with E-state index in [1.807, 2.05) is 31.2 Å². The number of ether oxygens (including phenoxy) is 1. The van der Waals surface area contributed by atoms with Crippen LogP contribution in [-0.4, -0.2) is 18.5 Å². The molecular weight excluding hydrogens is 419 g/mol. The van der Waals surface area contributed by atoms with Gasteiger partial charge in [-0.3, -0.25) is 4.79 Å². The lowest BCUT2D eigenvalue weighted by Crippen LogP contribution is -2.30. The van der Waals surface area contributed by atoms with Gasteiger partial charge in [-0.25, -0.2) is 9.69 Å². The van der Waals surface area contributed by atoms with Crippen LogP contribution in [0.5, 0.6) is 5.75 Å². The molecule has 2 aromatic carbocycles. The highest BCUT2D eigenvalue weighted by Gasteiger charge is 2.34. The van der Waals surface area contributed by atoms with Gasteiger partial charge in [-0.1, -0.05) is 24.3 Å². The summed E-state index contributed by atoms with van der Waals surface area (Å²) < 4.78 is 6.45. The summed E-state index contributed by atoms with van der Waals surface area (Å²) in [5.41, 5.74) is 1.62. The molecule has 0 aromatic heterocycles. The Hall–Kier alpha value is -2.35. The molecule has 0 atom stereocenters. The molecule has 3 amide bonds. The quantitative estimate of drug-likeness (QED) is 0.453. The second-order valence-electron chi connectivity index (χ2n) is 5.09. The number of para-hydroxylation sites is 1. The molecule has 2 aromatic rings. The van der Waals surface area contributed by atoms with Gasteiger partial charge in [-0.15, -0.1) is 0 Å². The minimum Gasteiger partial charge on any atom is -0.493 e. The molecular formula is C18H15IN2O3. The zero-order valence-electron chi connectivity index (χ0n) is 13.0. The highest BCUT2D eigenvalue weighted by Crippen LogP contribution is 2.25. The van der Waals surface area contributed by atoms with Gasteiger partial charge in [0, 0.05) is 0 Å². The molecule has 122 valence electrons. The number of imide groups is 1. The molecule has 24 heavy (non-hydrogen) atoms. The Bertz CT molecular complexity index is 818. The third-order valence-corrected chi connectivity index (χ3v) is 4.30. The number of hydrogen-bond acceptors (Lipinski definition) is 3. The third kappa shape index (κ3) is 3.28. The number of urea groups is 1. The molecule has 1 aliphatic rings. The number of anilines is 1. The highest BCUT2D eigenvalue weighted by molar-refractivity contribution is 14.1. The van der Waals surface area contributed by atoms with Crippen LogP contribution in [0.3, 0.4) is 0 Å². The highest BCUT2D eigenvalue weighted by atomic mass is 127. The fourth-order valence-electron chi connectivity index (χ4n) is 2.39. The fraction of sp³-hybridized carbons (Fsp3) is 0.111. The summed E-state index contributed by atoms with van der Waals surface area (Å²) >= 11 is 2.18. The number of hydrogen-bond donors (Lipinski definition) is 1. The van der Waals surface area contributed by atoms with E-state index in [0.29, 0.717) is 12.3 Å². The van der Waals surface area contributed by atoms with Crippen molar-refractivity contribution in [2.45, 2.75) is 6.92 Å². The average molecular weight is 434 g/mol. The minimum absolute atomic E-state index is 0.254. The molecule has 1 heterocycles. The Balaban J connectivity index is 1.88. The van der Waals surface area contributed by atoms with Crippen LogP contribution in [0.15, 0.2) is 54.2 Å². The van der Waals surface area contributed by atoms with Crippen molar-refractivity contribution in [1.82, 2.24) is 5.32 Å². The number of carbonyl (C=O) groups is 2. The normalized spacial score (nSPS) is 15.8. The summed E-state index contributed by atoms with van der Waals surface area (Å²) in [6.07, 6.45) is 1.67. The molecule has 6 heteroatoms. The van der Waals surface area contributed by atoms with Gasteiger partial charge in [0.05, 0.1) is 15.9 Å². The summed E-state index contributed by atoms with van der Waals surface area (Å²) in [5.74, 6) is 0.433. The maximum absolute atomic E-state index is 12.5. The standard InChI is InChI=1S/C18H15IN2O3/c1-2-24-16-9-8-12(10-14(16)19)11-15-17(22)21(18(23)20-15)13-6-4-3-5-7-13/h3-11H,2H2,1H3,(H,20,23)/b15-11+. The lowest BCUT2D eigenvalue weighted by atomic mass is 10.2. The van der Waals surface area contributed by atoms with Crippen molar-refractivity contribution in [2.75, 3.05) is 11.5 Å². The van der Waals surface area contributed by atoms with Crippen LogP contribution in [0.4, 0.5) is 10.5 Å². The van der Waals surface area contributed by atoms with Gasteiger partial charge in [0.25, 0.3) is 5.91 Å². The number of amides is 3. The Kier molecular flexibility index (Phi) is 4.84. The Morgan fingerprint density at radius 2 is 1.92 bits per heavy atom. The summed E-state index contributed by atoms with van der Waals surface area (Å²) in [6, 6.07) is 14.0. The number of carbonyl (C=O) groups excluding carboxylic acids is 2. The van der Waals surface area contributed by atoms with Crippen LogP contribution in [0, 0.1) is 3.57 Å². The fourth-order valence-corrected chi connectivity index (χ4v) is 3.09. The van der Waals surface area contributed by atoms with Crippen molar-refractivity contribution in [1.29, 1.82) is 0 Å². The number of nitrogens with zero attached hydrogens (tertiary/aromatic N) is 1. The first-order chi connectivity index (χ1) is 11.6. The molecule has 1 saturated heterocycles. The molecule has 1 aliphatic heterocycles. The third-order valence-electron chi connectivity index (χ3n) is 3.46. The van der Waals surface area contributed by atoms with Gasteiger partial charge >= 0.3 is 6.03 Å². The largest absolute Gasteiger partial charge is 0.493 e. The molecule has 3 rings (SSSR count). The first-order valence-electron chi connectivity index (χ1n) is 7.44. The van der Waals surface area contributed by atoms with E-state index in [4.69, 9.17) is 4.74 Å². The predicted octanol–water partition coefficient (Wildman–Crippen LogP) is 3.79. The Morgan fingerprint density at radius 3 is 2.58 bits per heavy atom. The first-order valence-corrected chi connectivity index (χ1v) is 8.52. The van der Waals surface area contributed by atoms with Crippen molar-refractivity contribution in [2.24, 2.45) is 0 Å². The monoisotopic (exact) mass is 434 g/mol. The van der Waals surface area contributed by atoms with Gasteiger partial charge in [0.2, 0.25) is 0 Å². The Labute approximate surface area is 153 Å². The van der Waals surface area contributed by atoms with Gasteiger partial charge in [0.1, 0.15) is 11.4 Å². The van der Waals surface area contributed by atoms with E-state index in [-0.39, 0.29) is 11.6 Å². The van der Waals surface area contributed by atoms with E-state index in [9.17, 15) is 9.59 Å². The minimum atomic E-state index is -0.446. The zero-order valence-corrected chi connectivity index (χ0v) is 15.1. The van der Waals surface area contributed by atoms with Crippen molar-refractivity contribution in [3.8, 4) is 5.75 Å². The van der Waals surface area contributed by atoms with Crippen LogP contribution in [0.1, 0.15) is 12.5 Å². The molecule has 0 saturated carbocycles. The van der Waals surface area contributed by atoms with Gasteiger partial charge < -0.3 is 10.1 Å². The van der Waals surface area contributed by atoms with E-state index >= 15 is 0 Å². The Morgan fingerprint density at radius 1 is 1.17 bits per heavy atom. The number of benzene rings is 2. The molecule has 0 aliphatic carbocycles. The van der Waals surface area contributed by atoms with Gasteiger partial charge in [-0.05, 0) is 65.4 Å². The molecule has 5 nitrogen and oxygen atoms in total. The zero-order chi connectivity index (χ0) is 17.1. The summed E-state index contributed by atoms with van der Waals surface area (Å²) in [6.45, 7) is 2.52. The average Bonchev–Trinajstić information content (AvgIpc) is 2.85. The maximum atomic E-state index is 12.5. The van der Waals surface area contributed by atoms with Crippen LogP contribution < -0.4 is 15.0 Å². The number of nitrogens with one attached hydrogen (secondary N) is 1. The topological polar surface area (TPSA) is 58.6 Å². The summed E-state index contributed by atoms with van der Waals surface area (Å²) in [4.78, 5) is 25.8. The molecule has 0 unspecified atom stereocenters. The second-order valence-corrected chi connectivity index (χ2v) is 6.25. The van der Waals surface area contributed by atoms with Gasteiger partial charge in [-0.2, -0.15) is 0 Å². The summed E-state index contributed by atoms with van der Waals surface area (Å²) in [5, 5.41) is 2.62. The van der Waals surface area contributed by atoms with Crippen LogP contribution in [-0.2, 0) is 4.79 Å².